The topological polar surface area (TPSA) is 49.4 Å². The van der Waals surface area contributed by atoms with Crippen LogP contribution in [0.4, 0.5) is 0 Å². The highest BCUT2D eigenvalue weighted by atomic mass is 32.2. The van der Waals surface area contributed by atoms with Crippen molar-refractivity contribution >= 4 is 10.0 Å². The van der Waals surface area contributed by atoms with Gasteiger partial charge in [0.2, 0.25) is 10.0 Å². The van der Waals surface area contributed by atoms with Gasteiger partial charge >= 0.3 is 0 Å². The number of piperidine rings is 1. The largest absolute Gasteiger partial charge is 0.300 e. The second-order valence-electron chi connectivity index (χ2n) is 6.56. The molecule has 2 aliphatic rings. The minimum Gasteiger partial charge on any atom is -0.300 e. The van der Waals surface area contributed by atoms with Crippen LogP contribution in [0, 0.1) is 0 Å². The van der Waals surface area contributed by atoms with Gasteiger partial charge in [-0.25, -0.2) is 13.1 Å². The molecule has 0 atom stereocenters. The van der Waals surface area contributed by atoms with Crippen LogP contribution >= 0.6 is 0 Å². The molecule has 1 aliphatic carbocycles. The summed E-state index contributed by atoms with van der Waals surface area (Å²) in [5.41, 5.74) is 1.19. The normalized spacial score (nSPS) is 21.1. The minimum atomic E-state index is -3.38. The Morgan fingerprint density at radius 3 is 2.27 bits per heavy atom. The van der Waals surface area contributed by atoms with Crippen molar-refractivity contribution < 1.29 is 8.42 Å². The Hall–Kier alpha value is -0.910. The first-order chi connectivity index (χ1) is 10.6. The number of nitrogens with zero attached hydrogens (tertiary/aromatic N) is 1. The zero-order chi connectivity index (χ0) is 15.6. The molecule has 1 saturated heterocycles. The molecular weight excluding hydrogens is 296 g/mol. The standard InChI is InChI=1S/C17H26N2O2S/c1-2-3-14-4-8-17(9-5-14)22(20,21)18-15-10-12-19(13-11-15)16-6-7-16/h4-5,8-9,15-16,18H,2-3,6-7,10-13H2,1H3. The number of rotatable bonds is 6. The SMILES string of the molecule is CCCc1ccc(S(=O)(=O)NC2CCN(C3CC3)CC2)cc1. The fourth-order valence-corrected chi connectivity index (χ4v) is 4.54. The summed E-state index contributed by atoms with van der Waals surface area (Å²) in [7, 11) is -3.38. The van der Waals surface area contributed by atoms with Gasteiger partial charge in [-0.15, -0.1) is 0 Å². The maximum absolute atomic E-state index is 12.5. The van der Waals surface area contributed by atoms with E-state index in [0.29, 0.717) is 4.90 Å². The lowest BCUT2D eigenvalue weighted by molar-refractivity contribution is 0.199. The smallest absolute Gasteiger partial charge is 0.240 e. The lowest BCUT2D eigenvalue weighted by atomic mass is 10.1. The second kappa shape index (κ2) is 6.69. The van der Waals surface area contributed by atoms with Gasteiger partial charge in [0, 0.05) is 12.1 Å². The predicted octanol–water partition coefficient (Wildman–Crippen LogP) is 2.54. The molecule has 3 rings (SSSR count). The van der Waals surface area contributed by atoms with Gasteiger partial charge in [0.25, 0.3) is 0 Å². The molecule has 1 aromatic rings. The van der Waals surface area contributed by atoms with Crippen LogP contribution in [0.15, 0.2) is 29.2 Å². The fourth-order valence-electron chi connectivity index (χ4n) is 3.23. The first kappa shape index (κ1) is 16.0. The van der Waals surface area contributed by atoms with Crippen molar-refractivity contribution in [3.8, 4) is 0 Å². The van der Waals surface area contributed by atoms with E-state index in [1.54, 1.807) is 12.1 Å². The molecule has 122 valence electrons. The van der Waals surface area contributed by atoms with Crippen LogP contribution in [-0.4, -0.2) is 38.5 Å². The van der Waals surface area contributed by atoms with Crippen molar-refractivity contribution in [2.75, 3.05) is 13.1 Å². The lowest BCUT2D eigenvalue weighted by Crippen LogP contribution is -2.45. The van der Waals surface area contributed by atoms with Crippen LogP contribution < -0.4 is 4.72 Å². The summed E-state index contributed by atoms with van der Waals surface area (Å²) in [5.74, 6) is 0. The van der Waals surface area contributed by atoms with Gasteiger partial charge in [-0.05, 0) is 62.9 Å². The highest BCUT2D eigenvalue weighted by Crippen LogP contribution is 2.29. The monoisotopic (exact) mass is 322 g/mol. The van der Waals surface area contributed by atoms with Gasteiger partial charge in [-0.3, -0.25) is 0 Å². The Balaban J connectivity index is 1.58. The highest BCUT2D eigenvalue weighted by Gasteiger charge is 2.32. The molecular formula is C17H26N2O2S. The number of hydrogen-bond donors (Lipinski definition) is 1. The molecule has 5 heteroatoms. The highest BCUT2D eigenvalue weighted by molar-refractivity contribution is 7.89. The molecule has 4 nitrogen and oxygen atoms in total. The van der Waals surface area contributed by atoms with E-state index in [0.717, 1.165) is 44.8 Å². The van der Waals surface area contributed by atoms with Crippen molar-refractivity contribution in [3.05, 3.63) is 29.8 Å². The van der Waals surface area contributed by atoms with E-state index in [1.165, 1.54) is 18.4 Å². The third-order valence-corrected chi connectivity index (χ3v) is 6.22. The number of benzene rings is 1. The molecule has 0 aromatic heterocycles. The van der Waals surface area contributed by atoms with Crippen molar-refractivity contribution in [2.24, 2.45) is 0 Å². The quantitative estimate of drug-likeness (QED) is 0.875. The number of likely N-dealkylation sites (tertiary alicyclic amines) is 1. The molecule has 1 heterocycles. The van der Waals surface area contributed by atoms with Crippen molar-refractivity contribution in [2.45, 2.75) is 62.4 Å². The van der Waals surface area contributed by atoms with E-state index in [2.05, 4.69) is 16.5 Å². The molecule has 1 aliphatic heterocycles. The molecule has 1 aromatic carbocycles. The van der Waals surface area contributed by atoms with Gasteiger partial charge in [0.1, 0.15) is 0 Å². The maximum Gasteiger partial charge on any atom is 0.240 e. The Bertz CT molecular complexity index is 586. The first-order valence-corrected chi connectivity index (χ1v) is 9.92. The summed E-state index contributed by atoms with van der Waals surface area (Å²) in [4.78, 5) is 2.89. The van der Waals surface area contributed by atoms with E-state index < -0.39 is 10.0 Å². The summed E-state index contributed by atoms with van der Waals surface area (Å²) in [6.07, 6.45) is 6.55. The van der Waals surface area contributed by atoms with Crippen LogP contribution in [0.3, 0.4) is 0 Å². The van der Waals surface area contributed by atoms with E-state index in [4.69, 9.17) is 0 Å². The molecule has 0 radical (unpaired) electrons. The molecule has 1 saturated carbocycles. The van der Waals surface area contributed by atoms with E-state index in [9.17, 15) is 8.42 Å². The summed E-state index contributed by atoms with van der Waals surface area (Å²) in [6, 6.07) is 8.17. The number of hydrogen-bond acceptors (Lipinski definition) is 3. The zero-order valence-corrected chi connectivity index (χ0v) is 14.1. The van der Waals surface area contributed by atoms with Gasteiger partial charge in [0.05, 0.1) is 4.90 Å². The Morgan fingerprint density at radius 1 is 1.09 bits per heavy atom. The predicted molar refractivity (Wildman–Crippen MR) is 88.4 cm³/mol. The average Bonchev–Trinajstić information content (AvgIpc) is 3.33. The Kier molecular flexibility index (Phi) is 4.85. The Morgan fingerprint density at radius 2 is 1.73 bits per heavy atom. The first-order valence-electron chi connectivity index (χ1n) is 8.44. The molecule has 0 bridgehead atoms. The van der Waals surface area contributed by atoms with Gasteiger partial charge in [-0.1, -0.05) is 25.5 Å². The molecule has 1 N–H and O–H groups in total. The third-order valence-electron chi connectivity index (χ3n) is 4.69. The Labute approximate surface area is 134 Å². The lowest BCUT2D eigenvalue weighted by Gasteiger charge is -2.32. The molecule has 0 unspecified atom stereocenters. The van der Waals surface area contributed by atoms with E-state index in [1.807, 2.05) is 12.1 Å². The number of nitrogens with one attached hydrogen (secondary N) is 1. The molecule has 2 fully saturated rings. The fraction of sp³-hybridized carbons (Fsp3) is 0.647. The maximum atomic E-state index is 12.5. The second-order valence-corrected chi connectivity index (χ2v) is 8.27. The van der Waals surface area contributed by atoms with Crippen LogP contribution in [0.2, 0.25) is 0 Å². The minimum absolute atomic E-state index is 0.0790. The average molecular weight is 322 g/mol. The molecule has 0 amide bonds. The van der Waals surface area contributed by atoms with Crippen molar-refractivity contribution in [1.82, 2.24) is 9.62 Å². The van der Waals surface area contributed by atoms with Crippen LogP contribution in [-0.2, 0) is 16.4 Å². The molecule has 0 spiro atoms. The summed E-state index contributed by atoms with van der Waals surface area (Å²) in [5, 5.41) is 0. The summed E-state index contributed by atoms with van der Waals surface area (Å²) >= 11 is 0. The van der Waals surface area contributed by atoms with Crippen molar-refractivity contribution in [1.29, 1.82) is 0 Å². The van der Waals surface area contributed by atoms with Gasteiger partial charge in [-0.2, -0.15) is 0 Å². The van der Waals surface area contributed by atoms with Crippen LogP contribution in [0.5, 0.6) is 0 Å². The van der Waals surface area contributed by atoms with E-state index >= 15 is 0 Å². The number of aryl methyl sites for hydroxylation is 1. The van der Waals surface area contributed by atoms with E-state index in [-0.39, 0.29) is 6.04 Å². The third kappa shape index (κ3) is 3.89. The van der Waals surface area contributed by atoms with Crippen molar-refractivity contribution in [3.63, 3.8) is 0 Å². The van der Waals surface area contributed by atoms with Crippen LogP contribution in [0.1, 0.15) is 44.6 Å². The summed E-state index contributed by atoms with van der Waals surface area (Å²) < 4.78 is 27.8. The summed E-state index contributed by atoms with van der Waals surface area (Å²) in [6.45, 7) is 4.17. The van der Waals surface area contributed by atoms with Gasteiger partial charge < -0.3 is 4.90 Å². The van der Waals surface area contributed by atoms with Crippen LogP contribution in [0.25, 0.3) is 0 Å². The molecule has 22 heavy (non-hydrogen) atoms. The number of sulfonamides is 1. The van der Waals surface area contributed by atoms with Gasteiger partial charge in [0.15, 0.2) is 0 Å². The zero-order valence-electron chi connectivity index (χ0n) is 13.3.